The number of carbonyl (C=O) groups is 3. The van der Waals surface area contributed by atoms with E-state index in [0.29, 0.717) is 5.75 Å². The highest BCUT2D eigenvalue weighted by molar-refractivity contribution is 6.27. The van der Waals surface area contributed by atoms with Crippen LogP contribution in [-0.4, -0.2) is 34.7 Å². The number of anilines is 1. The van der Waals surface area contributed by atoms with Crippen molar-refractivity contribution in [2.24, 2.45) is 0 Å². The van der Waals surface area contributed by atoms with Gasteiger partial charge in [-0.3, -0.25) is 4.79 Å². The van der Waals surface area contributed by atoms with Crippen molar-refractivity contribution in [1.29, 1.82) is 0 Å². The van der Waals surface area contributed by atoms with Gasteiger partial charge in [0.15, 0.2) is 6.61 Å². The summed E-state index contributed by atoms with van der Waals surface area (Å²) in [7, 11) is 0. The second kappa shape index (κ2) is 9.83. The summed E-state index contributed by atoms with van der Waals surface area (Å²) < 4.78 is 5.44. The van der Waals surface area contributed by atoms with Gasteiger partial charge in [0.1, 0.15) is 5.75 Å². The Morgan fingerprint density at radius 2 is 1.46 bits per heavy atom. The van der Waals surface area contributed by atoms with Crippen LogP contribution in [0.5, 0.6) is 5.75 Å². The van der Waals surface area contributed by atoms with Crippen molar-refractivity contribution in [3.05, 3.63) is 59.2 Å². The molecule has 3 N–H and O–H groups in total. The van der Waals surface area contributed by atoms with Crippen LogP contribution in [0.15, 0.2) is 42.5 Å². The summed E-state index contributed by atoms with van der Waals surface area (Å²) in [5.41, 5.74) is 4.32. The number of hydrogen-bond donors (Lipinski definition) is 3. The molecule has 0 unspecified atom stereocenters. The minimum absolute atomic E-state index is 0.00991. The molecule has 0 saturated carbocycles. The number of benzene rings is 2. The van der Waals surface area contributed by atoms with Crippen LogP contribution in [-0.2, 0) is 14.4 Å². The summed E-state index contributed by atoms with van der Waals surface area (Å²) in [5.74, 6) is -3.11. The van der Waals surface area contributed by atoms with Gasteiger partial charge in [-0.2, -0.15) is 0 Å². The molecule has 138 valence electrons. The lowest BCUT2D eigenvalue weighted by Gasteiger charge is -2.09. The Morgan fingerprint density at radius 3 is 1.96 bits per heavy atom. The summed E-state index contributed by atoms with van der Waals surface area (Å²) in [6.45, 7) is 6.08. The Labute approximate surface area is 151 Å². The first-order valence-electron chi connectivity index (χ1n) is 7.72. The summed E-state index contributed by atoms with van der Waals surface area (Å²) in [6.07, 6.45) is 0. The lowest BCUT2D eigenvalue weighted by molar-refractivity contribution is -0.159. The Bertz CT molecular complexity index is 771. The van der Waals surface area contributed by atoms with Gasteiger partial charge < -0.3 is 20.3 Å². The molecule has 0 spiro atoms. The molecule has 0 atom stereocenters. The highest BCUT2D eigenvalue weighted by atomic mass is 16.5. The number of rotatable bonds is 4. The molecular weight excluding hydrogens is 338 g/mol. The molecule has 0 heterocycles. The quantitative estimate of drug-likeness (QED) is 0.724. The normalized spacial score (nSPS) is 9.50. The maximum absolute atomic E-state index is 11.8. The number of ether oxygens (including phenoxy) is 1. The largest absolute Gasteiger partial charge is 0.484 e. The maximum atomic E-state index is 11.8. The van der Waals surface area contributed by atoms with Gasteiger partial charge in [0.2, 0.25) is 0 Å². The van der Waals surface area contributed by atoms with E-state index in [1.54, 1.807) is 0 Å². The van der Waals surface area contributed by atoms with Gasteiger partial charge in [-0.25, -0.2) is 9.59 Å². The van der Waals surface area contributed by atoms with Crippen molar-refractivity contribution in [1.82, 2.24) is 0 Å². The van der Waals surface area contributed by atoms with Crippen molar-refractivity contribution >= 4 is 23.5 Å². The van der Waals surface area contributed by atoms with E-state index in [1.807, 2.05) is 63.2 Å². The van der Waals surface area contributed by atoms with E-state index in [1.165, 1.54) is 5.56 Å². The Balaban J connectivity index is 0.000000487. The fourth-order valence-corrected chi connectivity index (χ4v) is 1.80. The molecule has 0 bridgehead atoms. The molecule has 0 saturated heterocycles. The molecule has 7 heteroatoms. The minimum Gasteiger partial charge on any atom is -0.484 e. The molecule has 2 rings (SSSR count). The van der Waals surface area contributed by atoms with E-state index < -0.39 is 11.9 Å². The van der Waals surface area contributed by atoms with Crippen LogP contribution >= 0.6 is 0 Å². The van der Waals surface area contributed by atoms with Crippen LogP contribution in [0.25, 0.3) is 0 Å². The van der Waals surface area contributed by atoms with E-state index in [9.17, 15) is 4.79 Å². The zero-order chi connectivity index (χ0) is 19.7. The van der Waals surface area contributed by atoms with Crippen molar-refractivity contribution in [2.45, 2.75) is 20.8 Å². The molecule has 1 amide bonds. The third kappa shape index (κ3) is 7.48. The van der Waals surface area contributed by atoms with Crippen molar-refractivity contribution < 1.29 is 29.3 Å². The highest BCUT2D eigenvalue weighted by Gasteiger charge is 2.05. The number of carboxylic acid groups (broad SMARTS) is 2. The summed E-state index contributed by atoms with van der Waals surface area (Å²) in [6, 6.07) is 13.5. The van der Waals surface area contributed by atoms with E-state index in [0.717, 1.165) is 16.8 Å². The van der Waals surface area contributed by atoms with Gasteiger partial charge in [0.25, 0.3) is 5.91 Å². The minimum atomic E-state index is -1.82. The average Bonchev–Trinajstić information content (AvgIpc) is 2.58. The second-order valence-corrected chi connectivity index (χ2v) is 5.56. The molecule has 0 fully saturated rings. The smallest absolute Gasteiger partial charge is 0.414 e. The zero-order valence-electron chi connectivity index (χ0n) is 14.8. The molecule has 0 aliphatic rings. The molecule has 0 aliphatic heterocycles. The molecule has 2 aromatic rings. The van der Waals surface area contributed by atoms with Crippen LogP contribution in [0.3, 0.4) is 0 Å². The van der Waals surface area contributed by atoms with Gasteiger partial charge in [-0.05, 0) is 56.2 Å². The Hall–Kier alpha value is -3.35. The third-order valence-electron chi connectivity index (χ3n) is 3.36. The van der Waals surface area contributed by atoms with Crippen LogP contribution in [0.2, 0.25) is 0 Å². The lowest BCUT2D eigenvalue weighted by atomic mass is 10.1. The van der Waals surface area contributed by atoms with Gasteiger partial charge in [-0.1, -0.05) is 23.8 Å². The molecule has 26 heavy (non-hydrogen) atoms. The summed E-state index contributed by atoms with van der Waals surface area (Å²) >= 11 is 0. The summed E-state index contributed by atoms with van der Waals surface area (Å²) in [4.78, 5) is 30.0. The fourth-order valence-electron chi connectivity index (χ4n) is 1.80. The molecule has 0 aliphatic carbocycles. The topological polar surface area (TPSA) is 113 Å². The van der Waals surface area contributed by atoms with E-state index in [-0.39, 0.29) is 12.5 Å². The summed E-state index contributed by atoms with van der Waals surface area (Å²) in [5, 5.41) is 17.6. The first-order chi connectivity index (χ1) is 12.2. The standard InChI is InChI=1S/C17H19NO2.C2H2O4/c1-12-4-8-16(9-5-12)20-11-17(19)18-15-7-6-13(2)14(3)10-15;3-1(4)2(5)6/h4-10H,11H2,1-3H3,(H,18,19);(H,3,4)(H,5,6). The molecule has 0 radical (unpaired) electrons. The number of hydrogen-bond acceptors (Lipinski definition) is 4. The fraction of sp³-hybridized carbons (Fsp3) is 0.211. The maximum Gasteiger partial charge on any atom is 0.414 e. The van der Waals surface area contributed by atoms with E-state index in [2.05, 4.69) is 5.32 Å². The number of carbonyl (C=O) groups excluding carboxylic acids is 1. The number of nitrogens with one attached hydrogen (secondary N) is 1. The van der Waals surface area contributed by atoms with E-state index in [4.69, 9.17) is 24.5 Å². The number of aliphatic carboxylic acids is 2. The molecular formula is C19H21NO6. The van der Waals surface area contributed by atoms with Gasteiger partial charge in [0.05, 0.1) is 0 Å². The zero-order valence-corrected chi connectivity index (χ0v) is 14.8. The van der Waals surface area contributed by atoms with Crippen LogP contribution in [0.1, 0.15) is 16.7 Å². The predicted molar refractivity (Wildman–Crippen MR) is 96.5 cm³/mol. The van der Waals surface area contributed by atoms with Gasteiger partial charge >= 0.3 is 11.9 Å². The lowest BCUT2D eigenvalue weighted by Crippen LogP contribution is -2.20. The van der Waals surface area contributed by atoms with Gasteiger partial charge in [0, 0.05) is 5.69 Å². The second-order valence-electron chi connectivity index (χ2n) is 5.56. The Morgan fingerprint density at radius 1 is 0.885 bits per heavy atom. The third-order valence-corrected chi connectivity index (χ3v) is 3.36. The molecule has 0 aromatic heterocycles. The van der Waals surface area contributed by atoms with Gasteiger partial charge in [-0.15, -0.1) is 0 Å². The molecule has 2 aromatic carbocycles. The van der Waals surface area contributed by atoms with Crippen LogP contribution in [0, 0.1) is 20.8 Å². The van der Waals surface area contributed by atoms with Crippen molar-refractivity contribution in [3.8, 4) is 5.75 Å². The first-order valence-corrected chi connectivity index (χ1v) is 7.72. The number of amides is 1. The first kappa shape index (κ1) is 20.7. The van der Waals surface area contributed by atoms with Crippen molar-refractivity contribution in [3.63, 3.8) is 0 Å². The SMILES string of the molecule is Cc1ccc(OCC(=O)Nc2ccc(C)c(C)c2)cc1.O=C(O)C(=O)O. The Kier molecular flexibility index (Phi) is 7.82. The monoisotopic (exact) mass is 359 g/mol. The number of aryl methyl sites for hydroxylation is 3. The number of carboxylic acids is 2. The average molecular weight is 359 g/mol. The van der Waals surface area contributed by atoms with Crippen LogP contribution < -0.4 is 10.1 Å². The van der Waals surface area contributed by atoms with Crippen LogP contribution in [0.4, 0.5) is 5.69 Å². The van der Waals surface area contributed by atoms with Crippen molar-refractivity contribution in [2.75, 3.05) is 11.9 Å². The molecule has 7 nitrogen and oxygen atoms in total. The predicted octanol–water partition coefficient (Wildman–Crippen LogP) is 2.78. The highest BCUT2D eigenvalue weighted by Crippen LogP contribution is 2.15. The van der Waals surface area contributed by atoms with E-state index >= 15 is 0 Å².